The third-order valence-corrected chi connectivity index (χ3v) is 8.50. The normalized spacial score (nSPS) is 19.9. The lowest BCUT2D eigenvalue weighted by atomic mass is 10.0. The number of hydrogen-bond acceptors (Lipinski definition) is 4. The second kappa shape index (κ2) is 10.9. The largest absolute Gasteiger partial charge is 0.416 e. The highest BCUT2D eigenvalue weighted by atomic mass is 32.2. The summed E-state index contributed by atoms with van der Waals surface area (Å²) in [6.07, 6.45) is -4.43. The van der Waals surface area contributed by atoms with Crippen molar-refractivity contribution in [1.29, 1.82) is 0 Å². The molecular weight excluding hydrogens is 530 g/mol. The second-order valence-corrected chi connectivity index (χ2v) is 10.8. The number of piperazine rings is 1. The lowest BCUT2D eigenvalue weighted by Crippen LogP contribution is -2.55. The molecule has 0 spiro atoms. The van der Waals surface area contributed by atoms with Gasteiger partial charge in [0.25, 0.3) is 5.91 Å². The van der Waals surface area contributed by atoms with Crippen LogP contribution in [0.1, 0.15) is 32.4 Å². The molecule has 39 heavy (non-hydrogen) atoms. The Hall–Kier alpha value is -3.53. The topological polar surface area (TPSA) is 43.9 Å². The minimum absolute atomic E-state index is 0.197. The van der Waals surface area contributed by atoms with Gasteiger partial charge in [-0.2, -0.15) is 13.2 Å². The highest BCUT2D eigenvalue weighted by molar-refractivity contribution is 7.99. The Bertz CT molecular complexity index is 1360. The van der Waals surface area contributed by atoms with Gasteiger partial charge in [-0.15, -0.1) is 11.8 Å². The molecule has 2 fully saturated rings. The van der Waals surface area contributed by atoms with E-state index in [0.29, 0.717) is 43.2 Å². The average molecular weight is 558 g/mol. The minimum Gasteiger partial charge on any atom is -0.368 e. The zero-order valence-corrected chi connectivity index (χ0v) is 22.0. The van der Waals surface area contributed by atoms with E-state index in [9.17, 15) is 27.2 Å². The van der Waals surface area contributed by atoms with Gasteiger partial charge in [-0.05, 0) is 54.4 Å². The first kappa shape index (κ1) is 27.1. The zero-order chi connectivity index (χ0) is 27.7. The summed E-state index contributed by atoms with van der Waals surface area (Å²) >= 11 is 1.46. The summed E-state index contributed by atoms with van der Waals surface area (Å²) in [7, 11) is 0. The number of hydrogen-bond donors (Lipinski definition) is 0. The summed E-state index contributed by atoms with van der Waals surface area (Å²) in [5, 5.41) is -0.460. The number of carbonyl (C=O) groups is 2. The monoisotopic (exact) mass is 557 g/mol. The molecule has 2 heterocycles. The van der Waals surface area contributed by atoms with Crippen LogP contribution < -0.4 is 4.90 Å². The van der Waals surface area contributed by atoms with Gasteiger partial charge in [-0.3, -0.25) is 9.59 Å². The van der Waals surface area contributed by atoms with Crippen LogP contribution in [0.25, 0.3) is 0 Å². The molecule has 2 saturated heterocycles. The van der Waals surface area contributed by atoms with E-state index in [1.54, 1.807) is 40.1 Å². The first-order chi connectivity index (χ1) is 18.6. The number of halogens is 4. The number of alkyl halides is 3. The molecule has 2 aliphatic rings. The summed E-state index contributed by atoms with van der Waals surface area (Å²) in [6, 6.07) is 17.6. The van der Waals surface area contributed by atoms with Crippen LogP contribution in [-0.4, -0.2) is 59.6 Å². The zero-order valence-electron chi connectivity index (χ0n) is 21.2. The van der Waals surface area contributed by atoms with Crippen molar-refractivity contribution in [3.8, 4) is 0 Å². The molecular formula is C29H27F4N3O2S. The molecule has 10 heteroatoms. The SMILES string of the molecule is Cc1ccccc1C(=O)N1C(C(=O)N2CCN(c3cccc(C(F)(F)F)c3)CC2)CSC1c1ccc(F)cc1. The Morgan fingerprint density at radius 1 is 0.897 bits per heavy atom. The molecule has 5 rings (SSSR count). The molecule has 0 radical (unpaired) electrons. The van der Waals surface area contributed by atoms with E-state index in [2.05, 4.69) is 0 Å². The second-order valence-electron chi connectivity index (χ2n) is 9.64. The van der Waals surface area contributed by atoms with Crippen molar-refractivity contribution in [1.82, 2.24) is 9.80 Å². The number of carbonyl (C=O) groups excluding carboxylic acids is 2. The van der Waals surface area contributed by atoms with Crippen molar-refractivity contribution in [2.45, 2.75) is 24.5 Å². The molecule has 0 bridgehead atoms. The number of aryl methyl sites for hydroxylation is 1. The van der Waals surface area contributed by atoms with Gasteiger partial charge in [0, 0.05) is 43.2 Å². The molecule has 2 unspecified atom stereocenters. The predicted molar refractivity (Wildman–Crippen MR) is 143 cm³/mol. The van der Waals surface area contributed by atoms with Crippen molar-refractivity contribution >= 4 is 29.3 Å². The van der Waals surface area contributed by atoms with E-state index in [1.807, 2.05) is 24.0 Å². The fourth-order valence-electron chi connectivity index (χ4n) is 5.06. The van der Waals surface area contributed by atoms with Crippen LogP contribution in [0, 0.1) is 12.7 Å². The molecule has 0 saturated carbocycles. The van der Waals surface area contributed by atoms with E-state index in [4.69, 9.17) is 0 Å². The van der Waals surface area contributed by atoms with Crippen LogP contribution in [0.5, 0.6) is 0 Å². The molecule has 0 aromatic heterocycles. The van der Waals surface area contributed by atoms with Crippen LogP contribution in [0.4, 0.5) is 23.2 Å². The maximum Gasteiger partial charge on any atom is 0.416 e. The van der Waals surface area contributed by atoms with Gasteiger partial charge in [-0.25, -0.2) is 4.39 Å². The van der Waals surface area contributed by atoms with E-state index in [-0.39, 0.29) is 17.6 Å². The van der Waals surface area contributed by atoms with Gasteiger partial charge in [0.1, 0.15) is 17.2 Å². The Morgan fingerprint density at radius 3 is 2.26 bits per heavy atom. The standard InChI is InChI=1S/C29H27F4N3O2S/c1-19-5-2-3-8-24(19)26(37)36-25(18-39-28(36)20-9-11-22(30)12-10-20)27(38)35-15-13-34(14-16-35)23-7-4-6-21(17-23)29(31,32)33/h2-12,17,25,28H,13-16,18H2,1H3. The van der Waals surface area contributed by atoms with Gasteiger partial charge in [0.15, 0.2) is 0 Å². The number of rotatable bonds is 4. The van der Waals surface area contributed by atoms with Crippen LogP contribution in [-0.2, 0) is 11.0 Å². The smallest absolute Gasteiger partial charge is 0.368 e. The minimum atomic E-state index is -4.43. The number of thioether (sulfide) groups is 1. The Morgan fingerprint density at radius 2 is 1.59 bits per heavy atom. The number of amides is 2. The van der Waals surface area contributed by atoms with E-state index < -0.39 is 23.2 Å². The van der Waals surface area contributed by atoms with Gasteiger partial charge >= 0.3 is 6.18 Å². The Kier molecular flexibility index (Phi) is 7.57. The third kappa shape index (κ3) is 5.61. The van der Waals surface area contributed by atoms with E-state index in [1.165, 1.54) is 30.0 Å². The lowest BCUT2D eigenvalue weighted by Gasteiger charge is -2.39. The van der Waals surface area contributed by atoms with Crippen molar-refractivity contribution in [2.75, 3.05) is 36.8 Å². The molecule has 2 amide bonds. The van der Waals surface area contributed by atoms with Crippen molar-refractivity contribution in [2.24, 2.45) is 0 Å². The molecule has 0 aliphatic carbocycles. The molecule has 3 aromatic carbocycles. The van der Waals surface area contributed by atoms with Crippen LogP contribution in [0.2, 0.25) is 0 Å². The van der Waals surface area contributed by atoms with Crippen molar-refractivity contribution in [3.05, 3.63) is 101 Å². The fraction of sp³-hybridized carbons (Fsp3) is 0.310. The highest BCUT2D eigenvalue weighted by Crippen LogP contribution is 2.43. The summed E-state index contributed by atoms with van der Waals surface area (Å²) in [5.41, 5.74) is 1.77. The predicted octanol–water partition coefficient (Wildman–Crippen LogP) is 5.76. The quantitative estimate of drug-likeness (QED) is 0.383. The number of nitrogens with zero attached hydrogens (tertiary/aromatic N) is 3. The molecule has 204 valence electrons. The molecule has 3 aromatic rings. The molecule has 2 atom stereocenters. The Labute approximate surface area is 228 Å². The first-order valence-electron chi connectivity index (χ1n) is 12.6. The summed E-state index contributed by atoms with van der Waals surface area (Å²) in [5.74, 6) is -0.470. The summed E-state index contributed by atoms with van der Waals surface area (Å²) < 4.78 is 53.1. The van der Waals surface area contributed by atoms with Crippen LogP contribution in [0.3, 0.4) is 0 Å². The summed E-state index contributed by atoms with van der Waals surface area (Å²) in [6.45, 7) is 3.24. The van der Waals surface area contributed by atoms with Gasteiger partial charge in [0.2, 0.25) is 5.91 Å². The molecule has 0 N–H and O–H groups in total. The Balaban J connectivity index is 1.35. The van der Waals surface area contributed by atoms with Crippen molar-refractivity contribution in [3.63, 3.8) is 0 Å². The van der Waals surface area contributed by atoms with E-state index >= 15 is 0 Å². The van der Waals surface area contributed by atoms with Gasteiger partial charge in [0.05, 0.1) is 5.56 Å². The van der Waals surface area contributed by atoms with Crippen LogP contribution in [0.15, 0.2) is 72.8 Å². The third-order valence-electron chi connectivity index (χ3n) is 7.18. The summed E-state index contributed by atoms with van der Waals surface area (Å²) in [4.78, 5) is 32.7. The molecule has 5 nitrogen and oxygen atoms in total. The van der Waals surface area contributed by atoms with Gasteiger partial charge < -0.3 is 14.7 Å². The number of benzene rings is 3. The maximum atomic E-state index is 13.8. The molecule has 2 aliphatic heterocycles. The average Bonchev–Trinajstić information content (AvgIpc) is 3.38. The highest BCUT2D eigenvalue weighted by Gasteiger charge is 2.44. The van der Waals surface area contributed by atoms with Crippen molar-refractivity contribution < 1.29 is 27.2 Å². The number of anilines is 1. The van der Waals surface area contributed by atoms with Gasteiger partial charge in [-0.1, -0.05) is 36.4 Å². The first-order valence-corrected chi connectivity index (χ1v) is 13.6. The van der Waals surface area contributed by atoms with Crippen LogP contribution >= 0.6 is 11.8 Å². The van der Waals surface area contributed by atoms with E-state index in [0.717, 1.165) is 23.3 Å². The maximum absolute atomic E-state index is 13.8. The fourth-order valence-corrected chi connectivity index (χ4v) is 6.48. The lowest BCUT2D eigenvalue weighted by molar-refractivity contribution is -0.137.